The first kappa shape index (κ1) is 14.9. The molecule has 0 unspecified atom stereocenters. The van der Waals surface area contributed by atoms with Gasteiger partial charge in [0.25, 0.3) is 5.69 Å². The van der Waals surface area contributed by atoms with Gasteiger partial charge in [0.2, 0.25) is 5.91 Å². The van der Waals surface area contributed by atoms with E-state index in [1.165, 1.54) is 6.07 Å². The second-order valence-electron chi connectivity index (χ2n) is 4.73. The normalized spacial score (nSPS) is 15.8. The van der Waals surface area contributed by atoms with Crippen LogP contribution in [0.4, 0.5) is 11.4 Å². The van der Waals surface area contributed by atoms with Crippen molar-refractivity contribution in [1.82, 2.24) is 0 Å². The van der Waals surface area contributed by atoms with E-state index in [9.17, 15) is 14.9 Å². The van der Waals surface area contributed by atoms with E-state index in [4.69, 9.17) is 4.74 Å². The number of carbonyl (C=O) groups is 1. The number of nitrogens with one attached hydrogen (secondary N) is 1. The van der Waals surface area contributed by atoms with Gasteiger partial charge in [0, 0.05) is 31.4 Å². The van der Waals surface area contributed by atoms with Crippen LogP contribution in [0.5, 0.6) is 0 Å². The Morgan fingerprint density at radius 3 is 2.80 bits per heavy atom. The van der Waals surface area contributed by atoms with Crippen molar-refractivity contribution in [2.24, 2.45) is 5.92 Å². The largest absolute Gasteiger partial charge is 0.381 e. The molecule has 0 aliphatic carbocycles. The molecule has 1 heterocycles. The first-order valence-corrected chi connectivity index (χ1v) is 7.17. The van der Waals surface area contributed by atoms with Gasteiger partial charge in [-0.15, -0.1) is 0 Å². The van der Waals surface area contributed by atoms with Crippen molar-refractivity contribution in [1.29, 1.82) is 0 Å². The van der Waals surface area contributed by atoms with Gasteiger partial charge in [-0.3, -0.25) is 14.9 Å². The molecule has 7 heteroatoms. The Morgan fingerprint density at radius 1 is 1.45 bits per heavy atom. The zero-order valence-corrected chi connectivity index (χ0v) is 12.4. The number of ether oxygens (including phenoxy) is 1. The van der Waals surface area contributed by atoms with Crippen molar-refractivity contribution in [2.75, 3.05) is 18.5 Å². The van der Waals surface area contributed by atoms with Gasteiger partial charge in [0.05, 0.1) is 9.40 Å². The van der Waals surface area contributed by atoms with E-state index < -0.39 is 4.92 Å². The Bertz CT molecular complexity index is 515. The summed E-state index contributed by atoms with van der Waals surface area (Å²) in [6, 6.07) is 4.55. The summed E-state index contributed by atoms with van der Waals surface area (Å²) in [6.45, 7) is 1.39. The number of nitrogens with zero attached hydrogens (tertiary/aromatic N) is 1. The number of amides is 1. The summed E-state index contributed by atoms with van der Waals surface area (Å²) in [5.41, 5.74) is 0.380. The number of hydrogen-bond donors (Lipinski definition) is 1. The first-order chi connectivity index (χ1) is 9.56. The highest BCUT2D eigenvalue weighted by atomic mass is 79.9. The third kappa shape index (κ3) is 4.01. The highest BCUT2D eigenvalue weighted by molar-refractivity contribution is 9.10. The lowest BCUT2D eigenvalue weighted by molar-refractivity contribution is -0.385. The van der Waals surface area contributed by atoms with Gasteiger partial charge in [0.1, 0.15) is 0 Å². The van der Waals surface area contributed by atoms with Gasteiger partial charge in [-0.2, -0.15) is 0 Å². The lowest BCUT2D eigenvalue weighted by Gasteiger charge is -2.21. The van der Waals surface area contributed by atoms with Gasteiger partial charge in [0.15, 0.2) is 0 Å². The molecule has 1 aliphatic heterocycles. The summed E-state index contributed by atoms with van der Waals surface area (Å²) >= 11 is 3.11. The predicted octanol–water partition coefficient (Wildman–Crippen LogP) is 3.11. The molecule has 108 valence electrons. The fourth-order valence-electron chi connectivity index (χ4n) is 2.16. The van der Waals surface area contributed by atoms with E-state index in [0.29, 0.717) is 35.7 Å². The van der Waals surface area contributed by atoms with Crippen LogP contribution >= 0.6 is 15.9 Å². The summed E-state index contributed by atoms with van der Waals surface area (Å²) in [7, 11) is 0. The number of nitro benzene ring substituents is 1. The zero-order valence-electron chi connectivity index (χ0n) is 10.8. The third-order valence-electron chi connectivity index (χ3n) is 3.24. The summed E-state index contributed by atoms with van der Waals surface area (Å²) in [5, 5.41) is 13.5. The molecule has 0 saturated carbocycles. The number of rotatable bonds is 4. The Hall–Kier alpha value is -1.47. The minimum atomic E-state index is -0.488. The Morgan fingerprint density at radius 2 is 2.15 bits per heavy atom. The Balaban J connectivity index is 1.96. The van der Waals surface area contributed by atoms with E-state index in [1.54, 1.807) is 12.1 Å². The molecule has 1 aliphatic rings. The van der Waals surface area contributed by atoms with Crippen molar-refractivity contribution >= 4 is 33.2 Å². The smallest absolute Gasteiger partial charge is 0.285 e. The maximum atomic E-state index is 11.9. The number of carbonyl (C=O) groups excluding carboxylic acids is 1. The van der Waals surface area contributed by atoms with Crippen LogP contribution in [0.2, 0.25) is 0 Å². The number of benzene rings is 1. The van der Waals surface area contributed by atoms with Gasteiger partial charge < -0.3 is 10.1 Å². The molecule has 2 rings (SSSR count). The molecule has 1 amide bonds. The molecule has 1 aromatic carbocycles. The first-order valence-electron chi connectivity index (χ1n) is 6.38. The zero-order chi connectivity index (χ0) is 14.5. The lowest BCUT2D eigenvalue weighted by Crippen LogP contribution is -2.22. The molecule has 0 radical (unpaired) electrons. The molecule has 0 atom stereocenters. The summed E-state index contributed by atoms with van der Waals surface area (Å²) in [6.07, 6.45) is 2.19. The summed E-state index contributed by atoms with van der Waals surface area (Å²) in [5.74, 6) is 0.211. The topological polar surface area (TPSA) is 81.5 Å². The van der Waals surface area contributed by atoms with Crippen LogP contribution in [0.25, 0.3) is 0 Å². The fourth-order valence-corrected chi connectivity index (χ4v) is 2.55. The van der Waals surface area contributed by atoms with Crippen LogP contribution in [0, 0.1) is 16.0 Å². The minimum Gasteiger partial charge on any atom is -0.381 e. The highest BCUT2D eigenvalue weighted by Gasteiger charge is 2.18. The number of anilines is 1. The molecule has 0 bridgehead atoms. The van der Waals surface area contributed by atoms with Crippen LogP contribution in [-0.2, 0) is 9.53 Å². The Kier molecular flexibility index (Phi) is 5.08. The summed E-state index contributed by atoms with van der Waals surface area (Å²) in [4.78, 5) is 22.3. The van der Waals surface area contributed by atoms with Crippen LogP contribution in [0.1, 0.15) is 19.3 Å². The molecular weight excluding hydrogens is 328 g/mol. The van der Waals surface area contributed by atoms with Crippen LogP contribution in [-0.4, -0.2) is 24.0 Å². The van der Waals surface area contributed by atoms with E-state index in [2.05, 4.69) is 21.2 Å². The Labute approximate surface area is 124 Å². The molecule has 1 N–H and O–H groups in total. The minimum absolute atomic E-state index is 0.0612. The maximum Gasteiger partial charge on any atom is 0.285 e. The van der Waals surface area contributed by atoms with E-state index >= 15 is 0 Å². The molecule has 20 heavy (non-hydrogen) atoms. The van der Waals surface area contributed by atoms with Crippen LogP contribution < -0.4 is 5.32 Å². The van der Waals surface area contributed by atoms with Crippen LogP contribution in [0.15, 0.2) is 22.7 Å². The number of hydrogen-bond acceptors (Lipinski definition) is 4. The van der Waals surface area contributed by atoms with Crippen molar-refractivity contribution in [3.05, 3.63) is 32.8 Å². The standard InChI is InChI=1S/C13H15BrN2O4/c14-11-2-1-10(8-12(11)16(18)19)15-13(17)7-9-3-5-20-6-4-9/h1-2,8-9H,3-7H2,(H,15,17). The van der Waals surface area contributed by atoms with E-state index in [0.717, 1.165) is 12.8 Å². The average Bonchev–Trinajstić information content (AvgIpc) is 2.41. The van der Waals surface area contributed by atoms with Gasteiger partial charge >= 0.3 is 0 Å². The quantitative estimate of drug-likeness (QED) is 0.673. The molecule has 0 aromatic heterocycles. The van der Waals surface area contributed by atoms with Gasteiger partial charge in [-0.25, -0.2) is 0 Å². The maximum absolute atomic E-state index is 11.9. The van der Waals surface area contributed by atoms with Crippen molar-refractivity contribution in [3.8, 4) is 0 Å². The monoisotopic (exact) mass is 342 g/mol. The lowest BCUT2D eigenvalue weighted by atomic mass is 9.96. The second kappa shape index (κ2) is 6.81. The summed E-state index contributed by atoms with van der Waals surface area (Å²) < 4.78 is 5.64. The average molecular weight is 343 g/mol. The number of nitro groups is 1. The number of halogens is 1. The fraction of sp³-hybridized carbons (Fsp3) is 0.462. The van der Waals surface area contributed by atoms with E-state index in [1.807, 2.05) is 0 Å². The molecule has 6 nitrogen and oxygen atoms in total. The van der Waals surface area contributed by atoms with Crippen molar-refractivity contribution in [2.45, 2.75) is 19.3 Å². The van der Waals surface area contributed by atoms with E-state index in [-0.39, 0.29) is 11.6 Å². The molecule has 1 saturated heterocycles. The predicted molar refractivity (Wildman–Crippen MR) is 77.6 cm³/mol. The van der Waals surface area contributed by atoms with Crippen molar-refractivity contribution in [3.63, 3.8) is 0 Å². The third-order valence-corrected chi connectivity index (χ3v) is 3.91. The highest BCUT2D eigenvalue weighted by Crippen LogP contribution is 2.28. The van der Waals surface area contributed by atoms with Gasteiger partial charge in [-0.1, -0.05) is 0 Å². The second-order valence-corrected chi connectivity index (χ2v) is 5.59. The molecule has 0 spiro atoms. The van der Waals surface area contributed by atoms with Gasteiger partial charge in [-0.05, 0) is 46.8 Å². The molecule has 1 aromatic rings. The van der Waals surface area contributed by atoms with Crippen molar-refractivity contribution < 1.29 is 14.5 Å². The molecular formula is C13H15BrN2O4. The van der Waals surface area contributed by atoms with Crippen LogP contribution in [0.3, 0.4) is 0 Å². The molecule has 1 fully saturated rings. The SMILES string of the molecule is O=C(CC1CCOCC1)Nc1ccc(Br)c([N+](=O)[O-])c1.